The highest BCUT2D eigenvalue weighted by molar-refractivity contribution is 5.76. The van der Waals surface area contributed by atoms with E-state index >= 15 is 0 Å². The second-order valence-corrected chi connectivity index (χ2v) is 5.97. The third-order valence-electron chi connectivity index (χ3n) is 3.73. The lowest BCUT2D eigenvalue weighted by atomic mass is 9.92. The van der Waals surface area contributed by atoms with Gasteiger partial charge in [-0.2, -0.15) is 0 Å². The first kappa shape index (κ1) is 15.4. The van der Waals surface area contributed by atoms with Crippen molar-refractivity contribution in [3.05, 3.63) is 0 Å². The van der Waals surface area contributed by atoms with Gasteiger partial charge in [-0.25, -0.2) is 0 Å². The molecule has 0 spiro atoms. The van der Waals surface area contributed by atoms with Gasteiger partial charge in [-0.3, -0.25) is 4.79 Å². The molecule has 4 heteroatoms. The van der Waals surface area contributed by atoms with Crippen LogP contribution in [0.3, 0.4) is 0 Å². The van der Waals surface area contributed by atoms with Crippen LogP contribution >= 0.6 is 0 Å². The molecule has 1 heterocycles. The molecular weight excluding hydrogens is 228 g/mol. The van der Waals surface area contributed by atoms with Gasteiger partial charge >= 0.3 is 0 Å². The Morgan fingerprint density at radius 1 is 1.50 bits per heavy atom. The fourth-order valence-electron chi connectivity index (χ4n) is 2.75. The minimum Gasteiger partial charge on any atom is -0.396 e. The molecule has 2 unspecified atom stereocenters. The maximum Gasteiger partial charge on any atom is 0.222 e. The smallest absolute Gasteiger partial charge is 0.222 e. The van der Waals surface area contributed by atoms with Crippen molar-refractivity contribution in [3.8, 4) is 0 Å². The molecule has 106 valence electrons. The van der Waals surface area contributed by atoms with Gasteiger partial charge in [-0.15, -0.1) is 0 Å². The number of likely N-dealkylation sites (tertiary alicyclic amines) is 1. The molecule has 18 heavy (non-hydrogen) atoms. The molecular formula is C14H28N2O2. The number of carbonyl (C=O) groups excluding carboxylic acids is 1. The number of carbonyl (C=O) groups is 1. The number of aliphatic hydroxyl groups excluding tert-OH is 1. The van der Waals surface area contributed by atoms with Crippen molar-refractivity contribution >= 4 is 5.91 Å². The average molecular weight is 256 g/mol. The minimum atomic E-state index is 0.191. The Hall–Kier alpha value is -0.610. The third-order valence-corrected chi connectivity index (χ3v) is 3.73. The van der Waals surface area contributed by atoms with Crippen LogP contribution in [-0.2, 0) is 4.79 Å². The van der Waals surface area contributed by atoms with Crippen LogP contribution in [0.1, 0.15) is 39.5 Å². The zero-order chi connectivity index (χ0) is 13.5. The number of nitrogens with two attached hydrogens (primary N) is 1. The summed E-state index contributed by atoms with van der Waals surface area (Å²) < 4.78 is 0. The standard InChI is InChI=1S/C14H28N2O2/c1-11(2)6-13(8-15)7-14(18)16-5-3-4-12(9-16)10-17/h11-13,17H,3-10,15H2,1-2H3. The van der Waals surface area contributed by atoms with E-state index < -0.39 is 0 Å². The number of nitrogens with zero attached hydrogens (tertiary/aromatic N) is 1. The summed E-state index contributed by atoms with van der Waals surface area (Å²) in [6, 6.07) is 0. The Labute approximate surface area is 111 Å². The van der Waals surface area contributed by atoms with Gasteiger partial charge in [0, 0.05) is 26.1 Å². The van der Waals surface area contributed by atoms with E-state index in [4.69, 9.17) is 5.73 Å². The van der Waals surface area contributed by atoms with Crippen LogP contribution in [0.2, 0.25) is 0 Å². The van der Waals surface area contributed by atoms with Crippen molar-refractivity contribution in [3.63, 3.8) is 0 Å². The third kappa shape index (κ3) is 4.94. The Bertz CT molecular complexity index is 256. The maximum absolute atomic E-state index is 12.2. The molecule has 0 saturated carbocycles. The number of hydrogen-bond acceptors (Lipinski definition) is 3. The molecule has 0 aliphatic carbocycles. The summed E-state index contributed by atoms with van der Waals surface area (Å²) in [5.74, 6) is 1.36. The van der Waals surface area contributed by atoms with Gasteiger partial charge in [0.1, 0.15) is 0 Å². The molecule has 0 aromatic heterocycles. The summed E-state index contributed by atoms with van der Waals surface area (Å²) in [5, 5.41) is 9.18. The zero-order valence-electron chi connectivity index (χ0n) is 11.8. The van der Waals surface area contributed by atoms with Crippen molar-refractivity contribution in [1.82, 2.24) is 4.90 Å². The first-order valence-electron chi connectivity index (χ1n) is 7.15. The van der Waals surface area contributed by atoms with Gasteiger partial charge in [0.25, 0.3) is 0 Å². The van der Waals surface area contributed by atoms with Crippen LogP contribution in [0.25, 0.3) is 0 Å². The molecule has 0 radical (unpaired) electrons. The summed E-state index contributed by atoms with van der Waals surface area (Å²) in [6.45, 7) is 6.66. The monoisotopic (exact) mass is 256 g/mol. The van der Waals surface area contributed by atoms with Gasteiger partial charge in [-0.1, -0.05) is 13.8 Å². The average Bonchev–Trinajstić information content (AvgIpc) is 2.37. The quantitative estimate of drug-likeness (QED) is 0.751. The SMILES string of the molecule is CC(C)CC(CN)CC(=O)N1CCCC(CO)C1. The highest BCUT2D eigenvalue weighted by Crippen LogP contribution is 2.20. The van der Waals surface area contributed by atoms with Crippen molar-refractivity contribution in [2.24, 2.45) is 23.5 Å². The van der Waals surface area contributed by atoms with E-state index in [1.165, 1.54) is 0 Å². The molecule has 0 bridgehead atoms. The van der Waals surface area contributed by atoms with Crippen LogP contribution < -0.4 is 5.73 Å². The molecule has 0 aromatic rings. The maximum atomic E-state index is 12.2. The second kappa shape index (κ2) is 7.74. The fraction of sp³-hybridized carbons (Fsp3) is 0.929. The van der Waals surface area contributed by atoms with E-state index in [-0.39, 0.29) is 18.4 Å². The minimum absolute atomic E-state index is 0.191. The molecule has 1 aliphatic heterocycles. The highest BCUT2D eigenvalue weighted by Gasteiger charge is 2.24. The predicted octanol–water partition coefficient (Wildman–Crippen LogP) is 1.23. The molecule has 0 aromatic carbocycles. The van der Waals surface area contributed by atoms with E-state index in [0.717, 1.165) is 25.8 Å². The first-order chi connectivity index (χ1) is 8.56. The summed E-state index contributed by atoms with van der Waals surface area (Å²) in [6.07, 6.45) is 3.62. The predicted molar refractivity (Wildman–Crippen MR) is 73.0 cm³/mol. The highest BCUT2D eigenvalue weighted by atomic mass is 16.3. The zero-order valence-corrected chi connectivity index (χ0v) is 11.8. The Kier molecular flexibility index (Phi) is 6.65. The lowest BCUT2D eigenvalue weighted by Crippen LogP contribution is -2.42. The number of piperidine rings is 1. The molecule has 1 rings (SSSR count). The van der Waals surface area contributed by atoms with Gasteiger partial charge in [0.2, 0.25) is 5.91 Å². The summed E-state index contributed by atoms with van der Waals surface area (Å²) >= 11 is 0. The summed E-state index contributed by atoms with van der Waals surface area (Å²) in [7, 11) is 0. The van der Waals surface area contributed by atoms with Crippen LogP contribution in [0.4, 0.5) is 0 Å². The van der Waals surface area contributed by atoms with Crippen molar-refractivity contribution < 1.29 is 9.90 Å². The number of rotatable bonds is 6. The Morgan fingerprint density at radius 3 is 2.78 bits per heavy atom. The molecule has 2 atom stereocenters. The fourth-order valence-corrected chi connectivity index (χ4v) is 2.75. The number of hydrogen-bond donors (Lipinski definition) is 2. The largest absolute Gasteiger partial charge is 0.396 e. The van der Waals surface area contributed by atoms with E-state index in [1.54, 1.807) is 0 Å². The summed E-state index contributed by atoms with van der Waals surface area (Å²) in [5.41, 5.74) is 5.74. The lowest BCUT2D eigenvalue weighted by Gasteiger charge is -2.33. The first-order valence-corrected chi connectivity index (χ1v) is 7.15. The van der Waals surface area contributed by atoms with E-state index in [2.05, 4.69) is 13.8 Å². The van der Waals surface area contributed by atoms with Crippen LogP contribution in [0.5, 0.6) is 0 Å². The normalized spacial score (nSPS) is 22.3. The van der Waals surface area contributed by atoms with Crippen LogP contribution in [-0.4, -0.2) is 42.2 Å². The molecule has 1 aliphatic rings. The van der Waals surface area contributed by atoms with E-state index in [0.29, 0.717) is 31.3 Å². The lowest BCUT2D eigenvalue weighted by molar-refractivity contribution is -0.134. The molecule has 1 fully saturated rings. The van der Waals surface area contributed by atoms with E-state index in [1.807, 2.05) is 4.90 Å². The van der Waals surface area contributed by atoms with Crippen molar-refractivity contribution in [1.29, 1.82) is 0 Å². The number of aliphatic hydroxyl groups is 1. The Balaban J connectivity index is 2.42. The van der Waals surface area contributed by atoms with E-state index in [9.17, 15) is 9.90 Å². The van der Waals surface area contributed by atoms with Crippen LogP contribution in [0, 0.1) is 17.8 Å². The van der Waals surface area contributed by atoms with Crippen molar-refractivity contribution in [2.75, 3.05) is 26.2 Å². The van der Waals surface area contributed by atoms with Crippen molar-refractivity contribution in [2.45, 2.75) is 39.5 Å². The molecule has 4 nitrogen and oxygen atoms in total. The Morgan fingerprint density at radius 2 is 2.22 bits per heavy atom. The number of amides is 1. The molecule has 1 saturated heterocycles. The van der Waals surface area contributed by atoms with Gasteiger partial charge in [-0.05, 0) is 43.6 Å². The van der Waals surface area contributed by atoms with Gasteiger partial charge < -0.3 is 15.7 Å². The van der Waals surface area contributed by atoms with Gasteiger partial charge in [0.05, 0.1) is 0 Å². The topological polar surface area (TPSA) is 66.6 Å². The summed E-state index contributed by atoms with van der Waals surface area (Å²) in [4.78, 5) is 14.1. The second-order valence-electron chi connectivity index (χ2n) is 5.97. The molecule has 3 N–H and O–H groups in total. The van der Waals surface area contributed by atoms with Gasteiger partial charge in [0.15, 0.2) is 0 Å². The molecule has 1 amide bonds. The van der Waals surface area contributed by atoms with Crippen LogP contribution in [0.15, 0.2) is 0 Å².